The molecule has 1 rings (SSSR count). The van der Waals surface area contributed by atoms with Gasteiger partial charge in [-0.1, -0.05) is 22.0 Å². The lowest BCUT2D eigenvalue weighted by Crippen LogP contribution is -2.16. The van der Waals surface area contributed by atoms with Gasteiger partial charge in [0.25, 0.3) is 0 Å². The van der Waals surface area contributed by atoms with Crippen molar-refractivity contribution in [3.05, 3.63) is 23.8 Å². The lowest BCUT2D eigenvalue weighted by atomic mass is 10.2. The zero-order valence-electron chi connectivity index (χ0n) is 8.84. The van der Waals surface area contributed by atoms with Crippen molar-refractivity contribution in [2.45, 2.75) is 11.8 Å². The zero-order valence-corrected chi connectivity index (χ0v) is 12.1. The van der Waals surface area contributed by atoms with E-state index in [2.05, 4.69) is 20.7 Å². The van der Waals surface area contributed by atoms with Gasteiger partial charge in [-0.15, -0.1) is 0 Å². The number of rotatable bonds is 4. The monoisotopic (exact) mass is 342 g/mol. The summed E-state index contributed by atoms with van der Waals surface area (Å²) in [6.45, 7) is 1.57. The molecule has 0 spiro atoms. The molecule has 0 unspecified atom stereocenters. The third-order valence-electron chi connectivity index (χ3n) is 1.91. The van der Waals surface area contributed by atoms with E-state index < -0.39 is 20.0 Å². The molecule has 0 fully saturated rings. The average Bonchev–Trinajstić information content (AvgIpc) is 2.19. The Morgan fingerprint density at radius 1 is 1.29 bits per heavy atom. The van der Waals surface area contributed by atoms with Gasteiger partial charge >= 0.3 is 0 Å². The van der Waals surface area contributed by atoms with Crippen molar-refractivity contribution in [2.75, 3.05) is 9.38 Å². The number of nitrogens with two attached hydrogens (primary N) is 1. The Kier molecular flexibility index (Phi) is 4.18. The second-order valence-electron chi connectivity index (χ2n) is 3.35. The first kappa shape index (κ1) is 14.4. The van der Waals surface area contributed by atoms with Crippen LogP contribution in [0.5, 0.6) is 0 Å². The van der Waals surface area contributed by atoms with Crippen molar-refractivity contribution >= 4 is 41.7 Å². The minimum Gasteiger partial charge on any atom is -0.283 e. The van der Waals surface area contributed by atoms with E-state index in [-0.39, 0.29) is 15.2 Å². The average molecular weight is 343 g/mol. The molecule has 1 aromatic rings. The highest BCUT2D eigenvalue weighted by atomic mass is 79.9. The van der Waals surface area contributed by atoms with Gasteiger partial charge in [-0.2, -0.15) is 0 Å². The van der Waals surface area contributed by atoms with Gasteiger partial charge < -0.3 is 0 Å². The molecule has 0 radical (unpaired) electrons. The van der Waals surface area contributed by atoms with E-state index in [1.807, 2.05) is 0 Å². The van der Waals surface area contributed by atoms with E-state index in [1.54, 1.807) is 6.92 Å². The highest BCUT2D eigenvalue weighted by Crippen LogP contribution is 2.20. The predicted octanol–water partition coefficient (Wildman–Crippen LogP) is 0.737. The maximum Gasteiger partial charge on any atom is 0.242 e. The Morgan fingerprint density at radius 3 is 2.35 bits per heavy atom. The SMILES string of the molecule is Cc1ccc(NS(=O)(=O)CBr)cc1S(N)(=O)=O. The van der Waals surface area contributed by atoms with E-state index in [9.17, 15) is 16.8 Å². The third kappa shape index (κ3) is 3.95. The standard InChI is InChI=1S/C8H11BrN2O4S2/c1-6-2-3-7(11-16(12,13)5-9)4-8(6)17(10,14)15/h2-4,11H,5H2,1H3,(H2,10,14,15). The lowest BCUT2D eigenvalue weighted by molar-refractivity contribution is 0.596. The van der Waals surface area contributed by atoms with Crippen LogP contribution < -0.4 is 9.86 Å². The first-order chi connectivity index (χ1) is 7.65. The summed E-state index contributed by atoms with van der Waals surface area (Å²) < 4.78 is 47.0. The number of primary sulfonamides is 1. The largest absolute Gasteiger partial charge is 0.283 e. The van der Waals surface area contributed by atoms with E-state index in [0.29, 0.717) is 5.56 Å². The van der Waals surface area contributed by atoms with Crippen LogP contribution in [0.1, 0.15) is 5.56 Å². The van der Waals surface area contributed by atoms with Gasteiger partial charge in [-0.3, -0.25) is 4.72 Å². The first-order valence-corrected chi connectivity index (χ1v) is 8.67. The quantitative estimate of drug-likeness (QED) is 0.786. The number of nitrogens with one attached hydrogen (secondary N) is 1. The van der Waals surface area contributed by atoms with E-state index in [0.717, 1.165) is 0 Å². The molecule has 0 bridgehead atoms. The van der Waals surface area contributed by atoms with Crippen LogP contribution in [0.25, 0.3) is 0 Å². The first-order valence-electron chi connectivity index (χ1n) is 4.35. The number of hydrogen-bond acceptors (Lipinski definition) is 4. The smallest absolute Gasteiger partial charge is 0.242 e. The molecule has 0 saturated heterocycles. The van der Waals surface area contributed by atoms with Gasteiger partial charge in [0.1, 0.15) is 4.66 Å². The molecule has 0 saturated carbocycles. The van der Waals surface area contributed by atoms with Crippen molar-refractivity contribution < 1.29 is 16.8 Å². The molecule has 0 aliphatic heterocycles. The zero-order chi connectivity index (χ0) is 13.3. The van der Waals surface area contributed by atoms with Gasteiger partial charge in [-0.25, -0.2) is 22.0 Å². The minimum absolute atomic E-state index is 0.104. The van der Waals surface area contributed by atoms with Crippen LogP contribution in [0, 0.1) is 6.92 Å². The summed E-state index contributed by atoms with van der Waals surface area (Å²) in [5.41, 5.74) is 0.605. The molecule has 9 heteroatoms. The molecule has 3 N–H and O–H groups in total. The van der Waals surface area contributed by atoms with Crippen LogP contribution in [0.4, 0.5) is 5.69 Å². The lowest BCUT2D eigenvalue weighted by Gasteiger charge is -2.08. The van der Waals surface area contributed by atoms with Crippen LogP contribution in [0.3, 0.4) is 0 Å². The maximum absolute atomic E-state index is 11.3. The van der Waals surface area contributed by atoms with E-state index in [1.165, 1.54) is 18.2 Å². The van der Waals surface area contributed by atoms with E-state index in [4.69, 9.17) is 5.14 Å². The highest BCUT2D eigenvalue weighted by molar-refractivity contribution is 9.10. The Morgan fingerprint density at radius 2 is 1.88 bits per heavy atom. The van der Waals surface area contributed by atoms with Crippen molar-refractivity contribution in [3.63, 3.8) is 0 Å². The van der Waals surface area contributed by atoms with Crippen LogP contribution in [0.2, 0.25) is 0 Å². The van der Waals surface area contributed by atoms with Gasteiger partial charge in [-0.05, 0) is 24.6 Å². The van der Waals surface area contributed by atoms with Crippen molar-refractivity contribution in [3.8, 4) is 0 Å². The molecule has 0 atom stereocenters. The number of benzene rings is 1. The number of alkyl halides is 1. The minimum atomic E-state index is -3.86. The third-order valence-corrected chi connectivity index (χ3v) is 5.61. The Bertz CT molecular complexity index is 625. The van der Waals surface area contributed by atoms with Crippen molar-refractivity contribution in [1.82, 2.24) is 0 Å². The van der Waals surface area contributed by atoms with Crippen LogP contribution in [0.15, 0.2) is 23.1 Å². The summed E-state index contributed by atoms with van der Waals surface area (Å²) in [7, 11) is -7.38. The van der Waals surface area contributed by atoms with Crippen LogP contribution in [-0.2, 0) is 20.0 Å². The van der Waals surface area contributed by atoms with Crippen LogP contribution >= 0.6 is 15.9 Å². The molecule has 96 valence electrons. The molecule has 0 aromatic heterocycles. The number of hydrogen-bond donors (Lipinski definition) is 2. The molecular formula is C8H11BrN2O4S2. The molecule has 0 amide bonds. The van der Waals surface area contributed by atoms with Gasteiger partial charge in [0.2, 0.25) is 20.0 Å². The summed E-state index contributed by atoms with van der Waals surface area (Å²) >= 11 is 2.81. The highest BCUT2D eigenvalue weighted by Gasteiger charge is 2.14. The Balaban J connectivity index is 3.24. The molecule has 6 nitrogen and oxygen atoms in total. The molecule has 0 heterocycles. The summed E-state index contributed by atoms with van der Waals surface area (Å²) in [6.07, 6.45) is 0. The fraction of sp³-hybridized carbons (Fsp3) is 0.250. The summed E-state index contributed by atoms with van der Waals surface area (Å²) in [5, 5.41) is 5.01. The number of aryl methyl sites for hydroxylation is 1. The predicted molar refractivity (Wildman–Crippen MR) is 68.9 cm³/mol. The molecule has 0 aliphatic rings. The number of sulfonamides is 2. The normalized spacial score (nSPS) is 12.4. The molecule has 0 aliphatic carbocycles. The summed E-state index contributed by atoms with van der Waals surface area (Å²) in [5.74, 6) is 0. The van der Waals surface area contributed by atoms with Crippen molar-refractivity contribution in [1.29, 1.82) is 0 Å². The van der Waals surface area contributed by atoms with Crippen molar-refractivity contribution in [2.24, 2.45) is 5.14 Å². The Hall–Kier alpha value is -0.640. The topological polar surface area (TPSA) is 106 Å². The molecular weight excluding hydrogens is 332 g/mol. The maximum atomic E-state index is 11.3. The van der Waals surface area contributed by atoms with Crippen LogP contribution in [-0.4, -0.2) is 21.5 Å². The van der Waals surface area contributed by atoms with E-state index >= 15 is 0 Å². The number of halogens is 1. The van der Waals surface area contributed by atoms with Gasteiger partial charge in [0.05, 0.1) is 4.90 Å². The Labute approximate surface area is 108 Å². The summed E-state index contributed by atoms with van der Waals surface area (Å²) in [4.78, 5) is -0.104. The van der Waals surface area contributed by atoms with Gasteiger partial charge in [0.15, 0.2) is 0 Å². The second-order valence-corrected chi connectivity index (χ2v) is 7.91. The summed E-state index contributed by atoms with van der Waals surface area (Å²) in [6, 6.07) is 4.13. The number of anilines is 1. The molecule has 17 heavy (non-hydrogen) atoms. The van der Waals surface area contributed by atoms with Gasteiger partial charge in [0, 0.05) is 5.69 Å². The fourth-order valence-corrected chi connectivity index (χ4v) is 2.87. The fourth-order valence-electron chi connectivity index (χ4n) is 1.18. The second kappa shape index (κ2) is 4.92. The molecule has 1 aromatic carbocycles.